The summed E-state index contributed by atoms with van der Waals surface area (Å²) >= 11 is 6.94. The van der Waals surface area contributed by atoms with Crippen molar-refractivity contribution in [1.29, 1.82) is 0 Å². The molecule has 0 aliphatic rings. The number of hydrogen-bond acceptors (Lipinski definition) is 6. The van der Waals surface area contributed by atoms with Crippen molar-refractivity contribution < 1.29 is 14.0 Å². The summed E-state index contributed by atoms with van der Waals surface area (Å²) < 4.78 is 14.9. The van der Waals surface area contributed by atoms with Crippen molar-refractivity contribution >= 4 is 46.6 Å². The molecule has 2 amide bonds. The lowest BCUT2D eigenvalue weighted by Crippen LogP contribution is -2.23. The molecule has 2 N–H and O–H groups in total. The third-order valence-electron chi connectivity index (χ3n) is 4.03. The fourth-order valence-corrected chi connectivity index (χ4v) is 3.43. The molecule has 0 spiro atoms. The summed E-state index contributed by atoms with van der Waals surface area (Å²) in [7, 11) is 1.71. The van der Waals surface area contributed by atoms with E-state index in [1.54, 1.807) is 43.1 Å². The predicted octanol–water partition coefficient (Wildman–Crippen LogP) is 3.30. The first-order valence-corrected chi connectivity index (χ1v) is 10.1. The van der Waals surface area contributed by atoms with Crippen LogP contribution in [0.3, 0.4) is 0 Å². The van der Waals surface area contributed by atoms with Gasteiger partial charge >= 0.3 is 0 Å². The Labute approximate surface area is 181 Å². The van der Waals surface area contributed by atoms with Gasteiger partial charge in [0.05, 0.1) is 28.6 Å². The number of amides is 2. The van der Waals surface area contributed by atoms with Crippen molar-refractivity contribution in [2.75, 3.05) is 10.6 Å². The Bertz CT molecular complexity index is 1060. The zero-order valence-corrected chi connectivity index (χ0v) is 17.7. The van der Waals surface area contributed by atoms with Crippen LogP contribution in [0, 0.1) is 5.82 Å². The Hall–Kier alpha value is -2.98. The Kier molecular flexibility index (Phi) is 7.01. The number of pyridine rings is 1. The number of aromatic nitrogens is 4. The first-order valence-electron chi connectivity index (χ1n) is 8.84. The van der Waals surface area contributed by atoms with E-state index in [0.717, 1.165) is 0 Å². The largest absolute Gasteiger partial charge is 0.326 e. The van der Waals surface area contributed by atoms with E-state index in [-0.39, 0.29) is 23.3 Å². The van der Waals surface area contributed by atoms with Gasteiger partial charge in [0.2, 0.25) is 11.8 Å². The number of thioether (sulfide) groups is 1. The van der Waals surface area contributed by atoms with E-state index in [1.165, 1.54) is 30.0 Å². The van der Waals surface area contributed by atoms with Crippen LogP contribution in [0.5, 0.6) is 0 Å². The molecular weight excluding hydrogens is 431 g/mol. The van der Waals surface area contributed by atoms with E-state index in [1.807, 2.05) is 0 Å². The highest BCUT2D eigenvalue weighted by Crippen LogP contribution is 2.23. The maximum Gasteiger partial charge on any atom is 0.237 e. The van der Waals surface area contributed by atoms with E-state index in [9.17, 15) is 14.0 Å². The first kappa shape index (κ1) is 21.7. The molecule has 3 rings (SSSR count). The van der Waals surface area contributed by atoms with Gasteiger partial charge in [-0.3, -0.25) is 14.6 Å². The summed E-state index contributed by atoms with van der Waals surface area (Å²) in [6.45, 7) is 1.75. The number of nitrogens with one attached hydrogen (secondary N) is 2. The second-order valence-corrected chi connectivity index (χ2v) is 8.02. The summed E-state index contributed by atoms with van der Waals surface area (Å²) in [6.07, 6.45) is 3.13. The maximum atomic E-state index is 13.2. The van der Waals surface area contributed by atoms with Gasteiger partial charge in [0.25, 0.3) is 0 Å². The topological polar surface area (TPSA) is 102 Å². The van der Waals surface area contributed by atoms with Crippen molar-refractivity contribution in [3.8, 4) is 0 Å². The second-order valence-electron chi connectivity index (χ2n) is 6.30. The van der Waals surface area contributed by atoms with E-state index >= 15 is 0 Å². The highest BCUT2D eigenvalue weighted by atomic mass is 35.5. The number of carbonyl (C=O) groups is 2. The lowest BCUT2D eigenvalue weighted by Gasteiger charge is -2.11. The van der Waals surface area contributed by atoms with Crippen molar-refractivity contribution in [2.45, 2.75) is 23.8 Å². The fraction of sp³-hybridized carbons (Fsp3) is 0.211. The van der Waals surface area contributed by atoms with Crippen LogP contribution in [0.4, 0.5) is 15.8 Å². The minimum Gasteiger partial charge on any atom is -0.326 e. The molecule has 2 aromatic heterocycles. The van der Waals surface area contributed by atoms with E-state index in [0.29, 0.717) is 22.4 Å². The van der Waals surface area contributed by atoms with Crippen LogP contribution >= 0.6 is 23.4 Å². The van der Waals surface area contributed by atoms with Crippen LogP contribution in [0.25, 0.3) is 0 Å². The molecule has 0 unspecified atom stereocenters. The number of rotatable bonds is 7. The number of carbonyl (C=O) groups excluding carboxylic acids is 2. The van der Waals surface area contributed by atoms with Crippen molar-refractivity contribution in [1.82, 2.24) is 19.7 Å². The predicted molar refractivity (Wildman–Crippen MR) is 113 cm³/mol. The molecule has 156 valence electrons. The summed E-state index contributed by atoms with van der Waals surface area (Å²) in [4.78, 5) is 28.6. The highest BCUT2D eigenvalue weighted by Gasteiger charge is 2.20. The quantitative estimate of drug-likeness (QED) is 0.538. The Morgan fingerprint density at radius 1 is 1.23 bits per heavy atom. The maximum absolute atomic E-state index is 13.2. The van der Waals surface area contributed by atoms with E-state index in [4.69, 9.17) is 11.6 Å². The second kappa shape index (κ2) is 9.68. The average Bonchev–Trinajstić information content (AvgIpc) is 3.05. The Morgan fingerprint density at radius 2 is 2.03 bits per heavy atom. The summed E-state index contributed by atoms with van der Waals surface area (Å²) in [5.74, 6) is -0.704. The lowest BCUT2D eigenvalue weighted by molar-refractivity contribution is -0.116. The molecule has 8 nitrogen and oxygen atoms in total. The van der Waals surface area contributed by atoms with Gasteiger partial charge in [0.15, 0.2) is 5.16 Å². The van der Waals surface area contributed by atoms with Gasteiger partial charge in [-0.05, 0) is 37.3 Å². The molecule has 0 fully saturated rings. The van der Waals surface area contributed by atoms with Gasteiger partial charge in [-0.2, -0.15) is 0 Å². The molecule has 0 radical (unpaired) electrons. The first-order chi connectivity index (χ1) is 14.3. The van der Waals surface area contributed by atoms with Gasteiger partial charge in [-0.1, -0.05) is 23.4 Å². The molecule has 30 heavy (non-hydrogen) atoms. The molecule has 0 bridgehead atoms. The van der Waals surface area contributed by atoms with Crippen LogP contribution in [-0.4, -0.2) is 36.8 Å². The van der Waals surface area contributed by atoms with Crippen LogP contribution in [0.1, 0.15) is 12.7 Å². The van der Waals surface area contributed by atoms with Gasteiger partial charge < -0.3 is 15.2 Å². The van der Waals surface area contributed by atoms with Crippen molar-refractivity contribution in [3.63, 3.8) is 0 Å². The van der Waals surface area contributed by atoms with Gasteiger partial charge in [-0.25, -0.2) is 4.39 Å². The minimum absolute atomic E-state index is 0.0463. The molecule has 2 heterocycles. The molecule has 1 aromatic carbocycles. The summed E-state index contributed by atoms with van der Waals surface area (Å²) in [5, 5.41) is 13.5. The van der Waals surface area contributed by atoms with Crippen LogP contribution in [-0.2, 0) is 23.1 Å². The normalized spacial score (nSPS) is 11.7. The molecular formula is C19H18ClFN6O2S. The van der Waals surface area contributed by atoms with E-state index in [2.05, 4.69) is 25.8 Å². The Morgan fingerprint density at radius 3 is 2.73 bits per heavy atom. The average molecular weight is 449 g/mol. The van der Waals surface area contributed by atoms with Crippen molar-refractivity contribution in [3.05, 3.63) is 59.4 Å². The molecule has 0 aliphatic carbocycles. The SMILES string of the molecule is C[C@H](Sc1nnc(CC(=O)Nc2ccc(F)c(Cl)c2)n1C)C(=O)Nc1cccnc1. The lowest BCUT2D eigenvalue weighted by atomic mass is 10.3. The van der Waals surface area contributed by atoms with Crippen LogP contribution in [0.2, 0.25) is 5.02 Å². The van der Waals surface area contributed by atoms with Gasteiger partial charge in [-0.15, -0.1) is 10.2 Å². The zero-order chi connectivity index (χ0) is 21.7. The molecule has 11 heteroatoms. The molecule has 0 saturated heterocycles. The number of hydrogen-bond donors (Lipinski definition) is 2. The fourth-order valence-electron chi connectivity index (χ4n) is 2.42. The molecule has 0 aliphatic heterocycles. The number of benzene rings is 1. The molecule has 3 aromatic rings. The minimum atomic E-state index is -0.564. The summed E-state index contributed by atoms with van der Waals surface area (Å²) in [6, 6.07) is 7.39. The number of halogens is 2. The van der Waals surface area contributed by atoms with Crippen molar-refractivity contribution in [2.24, 2.45) is 7.05 Å². The smallest absolute Gasteiger partial charge is 0.237 e. The highest BCUT2D eigenvalue weighted by molar-refractivity contribution is 8.00. The van der Waals surface area contributed by atoms with Crippen LogP contribution in [0.15, 0.2) is 47.9 Å². The standard InChI is InChI=1S/C19H18ClFN6O2S/c1-11(18(29)24-13-4-3-7-22-10-13)30-19-26-25-16(27(19)2)9-17(28)23-12-5-6-15(21)14(20)8-12/h3-8,10-11H,9H2,1-2H3,(H,23,28)(H,24,29)/t11-/m0/s1. The molecule has 1 atom stereocenters. The van der Waals surface area contributed by atoms with Gasteiger partial charge in [0.1, 0.15) is 11.6 Å². The van der Waals surface area contributed by atoms with Gasteiger partial charge in [0, 0.05) is 18.9 Å². The zero-order valence-electron chi connectivity index (χ0n) is 16.1. The van der Waals surface area contributed by atoms with E-state index < -0.39 is 11.1 Å². The number of anilines is 2. The third kappa shape index (κ3) is 5.55. The summed E-state index contributed by atoms with van der Waals surface area (Å²) in [5.41, 5.74) is 0.982. The third-order valence-corrected chi connectivity index (χ3v) is 5.45. The Balaban J connectivity index is 1.58. The van der Waals surface area contributed by atoms with Crippen LogP contribution < -0.4 is 10.6 Å². The monoisotopic (exact) mass is 448 g/mol. The molecule has 0 saturated carbocycles. The number of nitrogens with zero attached hydrogens (tertiary/aromatic N) is 4.